The standard InChI is InChI=1S/C13H16O2.C2H6/c1-13(2)7-6-12(14)10-5-4-9(15-3)8-11(10)13;1-2/h4-5,8H,6-7H2,1-3H3;1-2H3. The third-order valence-corrected chi connectivity index (χ3v) is 3.23. The van der Waals surface area contributed by atoms with E-state index >= 15 is 0 Å². The predicted molar refractivity (Wildman–Crippen MR) is 70.9 cm³/mol. The molecule has 0 aromatic heterocycles. The Labute approximate surface area is 104 Å². The Hall–Kier alpha value is -1.31. The van der Waals surface area contributed by atoms with Gasteiger partial charge in [0.15, 0.2) is 5.78 Å². The third-order valence-electron chi connectivity index (χ3n) is 3.23. The van der Waals surface area contributed by atoms with Crippen molar-refractivity contribution < 1.29 is 9.53 Å². The Morgan fingerprint density at radius 1 is 1.24 bits per heavy atom. The lowest BCUT2D eigenvalue weighted by atomic mass is 9.72. The van der Waals surface area contributed by atoms with Crippen molar-refractivity contribution in [3.8, 4) is 5.75 Å². The average Bonchev–Trinajstić information content (AvgIpc) is 2.36. The first-order valence-corrected chi connectivity index (χ1v) is 6.26. The molecule has 1 aliphatic rings. The van der Waals surface area contributed by atoms with Crippen LogP contribution in [0.2, 0.25) is 0 Å². The van der Waals surface area contributed by atoms with Crippen LogP contribution in [0, 0.1) is 0 Å². The van der Waals surface area contributed by atoms with Gasteiger partial charge in [-0.25, -0.2) is 0 Å². The van der Waals surface area contributed by atoms with Crippen molar-refractivity contribution in [2.24, 2.45) is 0 Å². The highest BCUT2D eigenvalue weighted by Crippen LogP contribution is 2.38. The van der Waals surface area contributed by atoms with Gasteiger partial charge in [-0.2, -0.15) is 0 Å². The van der Waals surface area contributed by atoms with Gasteiger partial charge in [-0.05, 0) is 35.6 Å². The van der Waals surface area contributed by atoms with Gasteiger partial charge in [0.05, 0.1) is 7.11 Å². The van der Waals surface area contributed by atoms with E-state index in [-0.39, 0.29) is 11.2 Å². The first-order chi connectivity index (χ1) is 8.04. The summed E-state index contributed by atoms with van der Waals surface area (Å²) in [5, 5.41) is 0. The van der Waals surface area contributed by atoms with E-state index in [4.69, 9.17) is 4.74 Å². The maximum absolute atomic E-state index is 11.7. The van der Waals surface area contributed by atoms with Gasteiger partial charge < -0.3 is 4.74 Å². The third kappa shape index (κ3) is 2.68. The van der Waals surface area contributed by atoms with Crippen molar-refractivity contribution in [3.63, 3.8) is 0 Å². The lowest BCUT2D eigenvalue weighted by Gasteiger charge is -2.31. The fourth-order valence-corrected chi connectivity index (χ4v) is 2.15. The molecule has 2 heteroatoms. The molecule has 0 spiro atoms. The molecule has 94 valence electrons. The van der Waals surface area contributed by atoms with E-state index < -0.39 is 0 Å². The van der Waals surface area contributed by atoms with E-state index in [2.05, 4.69) is 13.8 Å². The van der Waals surface area contributed by atoms with Gasteiger partial charge in [0.1, 0.15) is 5.75 Å². The van der Waals surface area contributed by atoms with Gasteiger partial charge in [0.2, 0.25) is 0 Å². The molecule has 0 heterocycles. The molecule has 0 amide bonds. The van der Waals surface area contributed by atoms with Gasteiger partial charge in [-0.15, -0.1) is 0 Å². The number of carbonyl (C=O) groups excluding carboxylic acids is 1. The summed E-state index contributed by atoms with van der Waals surface area (Å²) in [6, 6.07) is 5.74. The molecule has 0 saturated heterocycles. The Morgan fingerprint density at radius 2 is 1.88 bits per heavy atom. The fourth-order valence-electron chi connectivity index (χ4n) is 2.15. The molecule has 0 radical (unpaired) electrons. The Kier molecular flexibility index (Phi) is 4.33. The highest BCUT2D eigenvalue weighted by molar-refractivity contribution is 5.99. The van der Waals surface area contributed by atoms with E-state index in [1.165, 1.54) is 0 Å². The van der Waals surface area contributed by atoms with Crippen molar-refractivity contribution in [2.45, 2.75) is 46.0 Å². The van der Waals surface area contributed by atoms with E-state index in [1.807, 2.05) is 32.0 Å². The number of ketones is 1. The van der Waals surface area contributed by atoms with E-state index in [0.29, 0.717) is 6.42 Å². The van der Waals surface area contributed by atoms with Crippen LogP contribution < -0.4 is 4.74 Å². The zero-order valence-corrected chi connectivity index (χ0v) is 11.5. The van der Waals surface area contributed by atoms with E-state index in [0.717, 1.165) is 23.3 Å². The summed E-state index contributed by atoms with van der Waals surface area (Å²) >= 11 is 0. The van der Waals surface area contributed by atoms with Gasteiger partial charge >= 0.3 is 0 Å². The highest BCUT2D eigenvalue weighted by atomic mass is 16.5. The SMILES string of the molecule is CC.COc1ccc2c(c1)C(C)(C)CCC2=O. The van der Waals surface area contributed by atoms with Gasteiger partial charge in [0, 0.05) is 12.0 Å². The Balaban J connectivity index is 0.000000686. The van der Waals surface area contributed by atoms with Crippen LogP contribution in [-0.4, -0.2) is 12.9 Å². The minimum absolute atomic E-state index is 0.0811. The van der Waals surface area contributed by atoms with E-state index in [1.54, 1.807) is 7.11 Å². The number of ether oxygens (including phenoxy) is 1. The smallest absolute Gasteiger partial charge is 0.163 e. The van der Waals surface area contributed by atoms with Crippen LogP contribution in [-0.2, 0) is 5.41 Å². The van der Waals surface area contributed by atoms with Gasteiger partial charge in [-0.3, -0.25) is 4.79 Å². The summed E-state index contributed by atoms with van der Waals surface area (Å²) in [5.74, 6) is 1.09. The molecule has 1 aromatic carbocycles. The second-order valence-corrected chi connectivity index (χ2v) is 4.72. The van der Waals surface area contributed by atoms with Crippen molar-refractivity contribution in [2.75, 3.05) is 7.11 Å². The minimum atomic E-state index is 0.0811. The molecule has 1 aliphatic carbocycles. The number of hydrogen-bond acceptors (Lipinski definition) is 2. The number of methoxy groups -OCH3 is 1. The molecule has 17 heavy (non-hydrogen) atoms. The van der Waals surface area contributed by atoms with E-state index in [9.17, 15) is 4.79 Å². The van der Waals surface area contributed by atoms with Crippen LogP contribution in [0.15, 0.2) is 18.2 Å². The normalized spacial score (nSPS) is 16.6. The molecule has 1 aromatic rings. The average molecular weight is 234 g/mol. The summed E-state index contributed by atoms with van der Waals surface area (Å²) < 4.78 is 5.20. The van der Waals surface area contributed by atoms with Crippen molar-refractivity contribution in [1.82, 2.24) is 0 Å². The second kappa shape index (κ2) is 5.35. The van der Waals surface area contributed by atoms with Crippen LogP contribution in [0.3, 0.4) is 0 Å². The van der Waals surface area contributed by atoms with Crippen LogP contribution in [0.4, 0.5) is 0 Å². The molecule has 0 fully saturated rings. The van der Waals surface area contributed by atoms with Crippen molar-refractivity contribution in [3.05, 3.63) is 29.3 Å². The maximum atomic E-state index is 11.7. The summed E-state index contributed by atoms with van der Waals surface area (Å²) in [5.41, 5.74) is 2.07. The van der Waals surface area contributed by atoms with Crippen LogP contribution >= 0.6 is 0 Å². The summed E-state index contributed by atoms with van der Waals surface area (Å²) in [4.78, 5) is 11.7. The predicted octanol–water partition coefficient (Wildman–Crippen LogP) is 3.98. The molecule has 0 saturated carbocycles. The number of hydrogen-bond donors (Lipinski definition) is 0. The highest BCUT2D eigenvalue weighted by Gasteiger charge is 2.31. The summed E-state index contributed by atoms with van der Waals surface area (Å²) in [7, 11) is 1.65. The molecule has 0 bridgehead atoms. The van der Waals surface area contributed by atoms with Gasteiger partial charge in [0.25, 0.3) is 0 Å². The zero-order chi connectivity index (χ0) is 13.1. The molecule has 0 aliphatic heterocycles. The molecule has 2 rings (SSSR count). The molecule has 2 nitrogen and oxygen atoms in total. The minimum Gasteiger partial charge on any atom is -0.497 e. The number of carbonyl (C=O) groups is 1. The van der Waals surface area contributed by atoms with Crippen molar-refractivity contribution in [1.29, 1.82) is 0 Å². The molecule has 0 unspecified atom stereocenters. The number of benzene rings is 1. The molecular formula is C15H22O2. The topological polar surface area (TPSA) is 26.3 Å². The summed E-state index contributed by atoms with van der Waals surface area (Å²) in [6.45, 7) is 8.36. The van der Waals surface area contributed by atoms with Crippen LogP contribution in [0.5, 0.6) is 5.75 Å². The maximum Gasteiger partial charge on any atom is 0.163 e. The zero-order valence-electron chi connectivity index (χ0n) is 11.5. The Bertz CT molecular complexity index is 405. The molecular weight excluding hydrogens is 212 g/mol. The van der Waals surface area contributed by atoms with Crippen molar-refractivity contribution >= 4 is 5.78 Å². The van der Waals surface area contributed by atoms with Crippen LogP contribution in [0.1, 0.15) is 56.5 Å². The number of Topliss-reactive ketones (excluding diaryl/α,β-unsaturated/α-hetero) is 1. The van der Waals surface area contributed by atoms with Gasteiger partial charge in [-0.1, -0.05) is 27.7 Å². The summed E-state index contributed by atoms with van der Waals surface area (Å²) in [6.07, 6.45) is 1.58. The second-order valence-electron chi connectivity index (χ2n) is 4.72. The largest absolute Gasteiger partial charge is 0.497 e. The Morgan fingerprint density at radius 3 is 2.47 bits per heavy atom. The fraction of sp³-hybridized carbons (Fsp3) is 0.533. The van der Waals surface area contributed by atoms with Crippen LogP contribution in [0.25, 0.3) is 0 Å². The number of rotatable bonds is 1. The molecule has 0 atom stereocenters. The molecule has 0 N–H and O–H groups in total. The first-order valence-electron chi connectivity index (χ1n) is 6.26. The number of fused-ring (bicyclic) bond motifs is 1. The lowest BCUT2D eigenvalue weighted by Crippen LogP contribution is -2.27. The first kappa shape index (κ1) is 13.8. The quantitative estimate of drug-likeness (QED) is 0.734. The monoisotopic (exact) mass is 234 g/mol. The lowest BCUT2D eigenvalue weighted by molar-refractivity contribution is 0.0956.